The summed E-state index contributed by atoms with van der Waals surface area (Å²) >= 11 is 0. The van der Waals surface area contributed by atoms with Crippen LogP contribution >= 0.6 is 0 Å². The molecule has 0 atom stereocenters. The van der Waals surface area contributed by atoms with Crippen molar-refractivity contribution in [2.75, 3.05) is 25.1 Å². The molecule has 0 bridgehead atoms. The molecule has 8 nitrogen and oxygen atoms in total. The highest BCUT2D eigenvalue weighted by molar-refractivity contribution is 6.04. The highest BCUT2D eigenvalue weighted by Crippen LogP contribution is 2.14. The van der Waals surface area contributed by atoms with Crippen molar-refractivity contribution in [2.45, 2.75) is 13.5 Å². The van der Waals surface area contributed by atoms with Gasteiger partial charge in [0.1, 0.15) is 0 Å². The fraction of sp³-hybridized carbons (Fsp3) is 0.238. The van der Waals surface area contributed by atoms with E-state index >= 15 is 0 Å². The van der Waals surface area contributed by atoms with E-state index in [1.165, 1.54) is 10.9 Å². The van der Waals surface area contributed by atoms with Crippen molar-refractivity contribution < 1.29 is 9.90 Å². The van der Waals surface area contributed by atoms with Gasteiger partial charge in [-0.25, -0.2) is 10.1 Å². The largest absolute Gasteiger partial charge is 0.395 e. The Balaban J connectivity index is 1.77. The van der Waals surface area contributed by atoms with E-state index in [0.717, 1.165) is 11.3 Å². The van der Waals surface area contributed by atoms with E-state index in [0.29, 0.717) is 23.9 Å². The fourth-order valence-corrected chi connectivity index (χ4v) is 2.93. The zero-order valence-electron chi connectivity index (χ0n) is 16.4. The Kier molecular flexibility index (Phi) is 6.36. The number of aliphatic hydroxyl groups excluding tert-OH is 1. The molecule has 0 unspecified atom stereocenters. The number of nitrogens with one attached hydrogen (secondary N) is 1. The molecule has 0 aliphatic rings. The van der Waals surface area contributed by atoms with Crippen LogP contribution in [-0.4, -0.2) is 47.2 Å². The number of carbonyl (C=O) groups is 1. The maximum absolute atomic E-state index is 12.6. The van der Waals surface area contributed by atoms with Crippen LogP contribution in [0.15, 0.2) is 58.4 Å². The Morgan fingerprint density at radius 3 is 2.55 bits per heavy atom. The van der Waals surface area contributed by atoms with Crippen molar-refractivity contribution >= 4 is 28.6 Å². The molecule has 1 heterocycles. The second kappa shape index (κ2) is 9.11. The monoisotopic (exact) mass is 393 g/mol. The third-order valence-corrected chi connectivity index (χ3v) is 4.53. The summed E-state index contributed by atoms with van der Waals surface area (Å²) in [4.78, 5) is 26.9. The van der Waals surface area contributed by atoms with Crippen LogP contribution in [-0.2, 0) is 6.54 Å². The molecule has 2 N–H and O–H groups in total. The number of anilines is 1. The van der Waals surface area contributed by atoms with E-state index < -0.39 is 5.91 Å². The summed E-state index contributed by atoms with van der Waals surface area (Å²) in [5, 5.41) is 18.1. The number of aromatic nitrogens is 2. The molecule has 3 rings (SSSR count). The van der Waals surface area contributed by atoms with Crippen LogP contribution in [0.4, 0.5) is 5.69 Å². The zero-order valence-corrected chi connectivity index (χ0v) is 16.4. The van der Waals surface area contributed by atoms with Gasteiger partial charge in [0.2, 0.25) is 0 Å². The van der Waals surface area contributed by atoms with Gasteiger partial charge in [0.05, 0.1) is 18.2 Å². The number of nitrogens with zero attached hydrogens (tertiary/aromatic N) is 4. The maximum Gasteiger partial charge on any atom is 0.292 e. The van der Waals surface area contributed by atoms with Gasteiger partial charge in [0.25, 0.3) is 11.5 Å². The van der Waals surface area contributed by atoms with Crippen LogP contribution in [0.2, 0.25) is 0 Å². The number of aryl methyl sites for hydroxylation is 1. The Labute approximate surface area is 168 Å². The Bertz CT molecular complexity index is 1090. The smallest absolute Gasteiger partial charge is 0.292 e. The maximum atomic E-state index is 12.6. The van der Waals surface area contributed by atoms with Crippen LogP contribution in [0.25, 0.3) is 10.8 Å². The lowest BCUT2D eigenvalue weighted by Crippen LogP contribution is -2.28. The van der Waals surface area contributed by atoms with Crippen molar-refractivity contribution in [2.24, 2.45) is 5.10 Å². The molecule has 0 saturated carbocycles. The van der Waals surface area contributed by atoms with E-state index in [1.807, 2.05) is 36.2 Å². The van der Waals surface area contributed by atoms with Gasteiger partial charge >= 0.3 is 0 Å². The van der Waals surface area contributed by atoms with Gasteiger partial charge in [-0.3, -0.25) is 9.59 Å². The van der Waals surface area contributed by atoms with Crippen molar-refractivity contribution in [3.05, 3.63) is 70.1 Å². The summed E-state index contributed by atoms with van der Waals surface area (Å²) < 4.78 is 1.27. The number of benzene rings is 2. The number of carbonyl (C=O) groups excluding carboxylic acids is 1. The third kappa shape index (κ3) is 4.49. The van der Waals surface area contributed by atoms with E-state index in [9.17, 15) is 9.59 Å². The summed E-state index contributed by atoms with van der Waals surface area (Å²) in [6.45, 7) is 2.79. The topological polar surface area (TPSA) is 99.8 Å². The predicted octanol–water partition coefficient (Wildman–Crippen LogP) is 1.61. The first-order chi connectivity index (χ1) is 14.0. The van der Waals surface area contributed by atoms with E-state index in [4.69, 9.17) is 5.11 Å². The van der Waals surface area contributed by atoms with Crippen LogP contribution in [0.1, 0.15) is 23.0 Å². The van der Waals surface area contributed by atoms with Crippen molar-refractivity contribution in [3.63, 3.8) is 0 Å². The standard InChI is InChI=1S/C21H23N5O3/c1-3-26-21(29)18-7-5-4-6-17(18)19(24-26)20(28)23-22-14-15-8-10-16(11-9-15)25(2)12-13-27/h4-11,14,27H,3,12-13H2,1-2H3,(H,23,28)/b22-14+. The Hall–Kier alpha value is -3.52. The molecule has 2 aromatic carbocycles. The van der Waals surface area contributed by atoms with E-state index in [-0.39, 0.29) is 17.9 Å². The molecule has 0 spiro atoms. The number of hydrazone groups is 1. The molecule has 29 heavy (non-hydrogen) atoms. The van der Waals surface area contributed by atoms with Crippen molar-refractivity contribution in [1.29, 1.82) is 0 Å². The van der Waals surface area contributed by atoms with Crippen LogP contribution in [0, 0.1) is 0 Å². The second-order valence-electron chi connectivity index (χ2n) is 6.45. The predicted molar refractivity (Wildman–Crippen MR) is 114 cm³/mol. The molecule has 0 radical (unpaired) electrons. The highest BCUT2D eigenvalue weighted by atomic mass is 16.3. The first-order valence-electron chi connectivity index (χ1n) is 9.30. The average molecular weight is 393 g/mol. The molecule has 0 aliphatic heterocycles. The zero-order chi connectivity index (χ0) is 20.8. The summed E-state index contributed by atoms with van der Waals surface area (Å²) in [6.07, 6.45) is 1.53. The van der Waals surface area contributed by atoms with Gasteiger partial charge < -0.3 is 10.0 Å². The van der Waals surface area contributed by atoms with Gasteiger partial charge in [-0.2, -0.15) is 10.2 Å². The third-order valence-electron chi connectivity index (χ3n) is 4.53. The van der Waals surface area contributed by atoms with E-state index in [2.05, 4.69) is 15.6 Å². The van der Waals surface area contributed by atoms with Crippen molar-refractivity contribution in [3.8, 4) is 0 Å². The number of aliphatic hydroxyl groups is 1. The molecule has 3 aromatic rings. The van der Waals surface area contributed by atoms with Crippen molar-refractivity contribution in [1.82, 2.24) is 15.2 Å². The van der Waals surface area contributed by atoms with Gasteiger partial charge in [0.15, 0.2) is 5.69 Å². The Morgan fingerprint density at radius 1 is 1.21 bits per heavy atom. The molecular weight excluding hydrogens is 370 g/mol. The SMILES string of the molecule is CCn1nc(C(=O)N/N=C/c2ccc(N(C)CCO)cc2)c2ccccc2c1=O. The minimum Gasteiger partial charge on any atom is -0.395 e. The number of hydrogen-bond donors (Lipinski definition) is 2. The molecule has 0 saturated heterocycles. The first kappa shape index (κ1) is 20.2. The van der Waals surface area contributed by atoms with Gasteiger partial charge in [0, 0.05) is 31.2 Å². The molecule has 150 valence electrons. The molecule has 1 amide bonds. The second-order valence-corrected chi connectivity index (χ2v) is 6.45. The molecule has 1 aromatic heterocycles. The van der Waals surface area contributed by atoms with E-state index in [1.54, 1.807) is 31.2 Å². The molecule has 8 heteroatoms. The average Bonchev–Trinajstić information content (AvgIpc) is 2.75. The normalized spacial score (nSPS) is 11.1. The fourth-order valence-electron chi connectivity index (χ4n) is 2.93. The number of likely N-dealkylation sites (N-methyl/N-ethyl adjacent to an activating group) is 1. The summed E-state index contributed by atoms with van der Waals surface area (Å²) in [7, 11) is 1.90. The quantitative estimate of drug-likeness (QED) is 0.469. The minimum atomic E-state index is -0.487. The van der Waals surface area contributed by atoms with Gasteiger partial charge in [-0.15, -0.1) is 0 Å². The minimum absolute atomic E-state index is 0.0831. The Morgan fingerprint density at radius 2 is 1.90 bits per heavy atom. The summed E-state index contributed by atoms with van der Waals surface area (Å²) in [5.41, 5.74) is 4.18. The van der Waals surface area contributed by atoms with Crippen LogP contribution < -0.4 is 15.9 Å². The number of fused-ring (bicyclic) bond motifs is 1. The van der Waals surface area contributed by atoms with Crippen LogP contribution in [0.3, 0.4) is 0 Å². The first-order valence-corrected chi connectivity index (χ1v) is 9.30. The summed E-state index contributed by atoms with van der Waals surface area (Å²) in [5.74, 6) is -0.487. The highest BCUT2D eigenvalue weighted by Gasteiger charge is 2.15. The number of amides is 1. The lowest BCUT2D eigenvalue weighted by Gasteiger charge is -2.17. The molecule has 0 fully saturated rings. The molecular formula is C21H23N5O3. The van der Waals surface area contributed by atoms with Gasteiger partial charge in [-0.05, 0) is 30.7 Å². The number of hydrogen-bond acceptors (Lipinski definition) is 6. The number of rotatable bonds is 7. The van der Waals surface area contributed by atoms with Gasteiger partial charge in [-0.1, -0.05) is 30.3 Å². The molecule has 0 aliphatic carbocycles. The summed E-state index contributed by atoms with van der Waals surface area (Å²) in [6, 6.07) is 14.4. The lowest BCUT2D eigenvalue weighted by molar-refractivity contribution is 0.0949. The van der Waals surface area contributed by atoms with Crippen LogP contribution in [0.5, 0.6) is 0 Å². The lowest BCUT2D eigenvalue weighted by atomic mass is 10.1.